The standard InChI is InChI=1S/C24H22ClF2N3O2S/c1-15-17-4-2-3-5-18(17)23(13-22(15)29-10-8-28-9-11-29)33(31,32)30-14-20(24(26)27)19-12-16(25)6-7-21(19)30/h2-7,12-14,24,28H,8-11H2,1H3. The molecule has 172 valence electrons. The predicted octanol–water partition coefficient (Wildman–Crippen LogP) is 5.34. The first-order valence-electron chi connectivity index (χ1n) is 10.6. The van der Waals surface area contributed by atoms with Crippen molar-refractivity contribution < 1.29 is 17.2 Å². The Bertz CT molecular complexity index is 1480. The number of aromatic nitrogens is 1. The Balaban J connectivity index is 1.80. The van der Waals surface area contributed by atoms with Crippen LogP contribution in [0.1, 0.15) is 17.6 Å². The van der Waals surface area contributed by atoms with Gasteiger partial charge in [0.1, 0.15) is 0 Å². The molecule has 3 aromatic carbocycles. The fourth-order valence-corrected chi connectivity index (χ4v) is 6.37. The molecule has 0 amide bonds. The van der Waals surface area contributed by atoms with Crippen molar-refractivity contribution in [3.8, 4) is 0 Å². The van der Waals surface area contributed by atoms with E-state index in [9.17, 15) is 17.2 Å². The quantitative estimate of drug-likeness (QED) is 0.420. The number of halogens is 3. The molecule has 0 atom stereocenters. The number of alkyl halides is 2. The average molecular weight is 490 g/mol. The van der Waals surface area contributed by atoms with E-state index in [0.29, 0.717) is 5.39 Å². The number of hydrogen-bond donors (Lipinski definition) is 1. The Kier molecular flexibility index (Phi) is 5.55. The van der Waals surface area contributed by atoms with Crippen LogP contribution in [0.25, 0.3) is 21.7 Å². The van der Waals surface area contributed by atoms with Crippen LogP contribution in [0, 0.1) is 6.92 Å². The van der Waals surface area contributed by atoms with Crippen molar-refractivity contribution in [2.75, 3.05) is 31.1 Å². The molecule has 5 nitrogen and oxygen atoms in total. The van der Waals surface area contributed by atoms with E-state index in [2.05, 4.69) is 10.2 Å². The number of anilines is 1. The molecule has 1 aliphatic heterocycles. The predicted molar refractivity (Wildman–Crippen MR) is 128 cm³/mol. The van der Waals surface area contributed by atoms with Crippen LogP contribution < -0.4 is 10.2 Å². The smallest absolute Gasteiger partial charge is 0.268 e. The number of nitrogens with zero attached hydrogens (tertiary/aromatic N) is 2. The molecule has 1 aromatic heterocycles. The van der Waals surface area contributed by atoms with Crippen LogP contribution in [0.3, 0.4) is 0 Å². The zero-order valence-electron chi connectivity index (χ0n) is 17.9. The Morgan fingerprint density at radius 1 is 1.00 bits per heavy atom. The van der Waals surface area contributed by atoms with Crippen molar-refractivity contribution in [3.63, 3.8) is 0 Å². The summed E-state index contributed by atoms with van der Waals surface area (Å²) < 4.78 is 56.5. The number of piperazine rings is 1. The van der Waals surface area contributed by atoms with Gasteiger partial charge in [-0.2, -0.15) is 0 Å². The zero-order valence-corrected chi connectivity index (χ0v) is 19.4. The Hall–Kier alpha value is -2.68. The van der Waals surface area contributed by atoms with Crippen LogP contribution in [-0.2, 0) is 10.0 Å². The minimum absolute atomic E-state index is 0.0879. The summed E-state index contributed by atoms with van der Waals surface area (Å²) in [5.41, 5.74) is 1.63. The van der Waals surface area contributed by atoms with Crippen LogP contribution in [0.2, 0.25) is 5.02 Å². The van der Waals surface area contributed by atoms with Gasteiger partial charge in [-0.15, -0.1) is 0 Å². The van der Waals surface area contributed by atoms with Crippen LogP contribution in [0.4, 0.5) is 14.5 Å². The van der Waals surface area contributed by atoms with Crippen molar-refractivity contribution in [2.24, 2.45) is 0 Å². The lowest BCUT2D eigenvalue weighted by molar-refractivity contribution is 0.153. The van der Waals surface area contributed by atoms with E-state index >= 15 is 0 Å². The molecule has 0 spiro atoms. The van der Waals surface area contributed by atoms with Crippen molar-refractivity contribution in [1.29, 1.82) is 0 Å². The molecule has 1 N–H and O–H groups in total. The maximum atomic E-state index is 14.0. The lowest BCUT2D eigenvalue weighted by Gasteiger charge is -2.31. The SMILES string of the molecule is Cc1c(N2CCNCC2)cc(S(=O)(=O)n2cc(C(F)F)c3cc(Cl)ccc32)c2ccccc12. The van der Waals surface area contributed by atoms with Gasteiger partial charge in [0.15, 0.2) is 0 Å². The Morgan fingerprint density at radius 2 is 1.70 bits per heavy atom. The van der Waals surface area contributed by atoms with Gasteiger partial charge in [0, 0.05) is 59.4 Å². The second-order valence-electron chi connectivity index (χ2n) is 8.15. The molecule has 0 radical (unpaired) electrons. The molecule has 4 aromatic rings. The third-order valence-electron chi connectivity index (χ3n) is 6.24. The summed E-state index contributed by atoms with van der Waals surface area (Å²) >= 11 is 6.02. The van der Waals surface area contributed by atoms with Crippen LogP contribution in [-0.4, -0.2) is 38.6 Å². The first-order chi connectivity index (χ1) is 15.8. The van der Waals surface area contributed by atoms with E-state index in [1.807, 2.05) is 19.1 Å². The van der Waals surface area contributed by atoms with Crippen LogP contribution in [0.15, 0.2) is 59.6 Å². The molecule has 0 unspecified atom stereocenters. The lowest BCUT2D eigenvalue weighted by Crippen LogP contribution is -2.43. The maximum absolute atomic E-state index is 14.0. The van der Waals surface area contributed by atoms with Gasteiger partial charge >= 0.3 is 0 Å². The van der Waals surface area contributed by atoms with Gasteiger partial charge in [0.25, 0.3) is 16.4 Å². The average Bonchev–Trinajstić information content (AvgIpc) is 3.20. The molecule has 0 aliphatic carbocycles. The lowest BCUT2D eigenvalue weighted by atomic mass is 10.0. The van der Waals surface area contributed by atoms with Gasteiger partial charge in [-0.05, 0) is 42.1 Å². The highest BCUT2D eigenvalue weighted by Gasteiger charge is 2.28. The van der Waals surface area contributed by atoms with Crippen molar-refractivity contribution in [1.82, 2.24) is 9.29 Å². The summed E-state index contributed by atoms with van der Waals surface area (Å²) in [6, 6.07) is 13.3. The molecular weight excluding hydrogens is 468 g/mol. The summed E-state index contributed by atoms with van der Waals surface area (Å²) in [5.74, 6) is 0. The van der Waals surface area contributed by atoms with Crippen molar-refractivity contribution in [2.45, 2.75) is 18.2 Å². The number of aryl methyl sites for hydroxylation is 1. The molecule has 0 bridgehead atoms. The minimum atomic E-state index is -4.20. The van der Waals surface area contributed by atoms with Gasteiger partial charge in [0.05, 0.1) is 10.4 Å². The summed E-state index contributed by atoms with van der Waals surface area (Å²) in [5, 5.41) is 5.07. The van der Waals surface area contributed by atoms with Gasteiger partial charge in [0.2, 0.25) is 0 Å². The highest BCUT2D eigenvalue weighted by Crippen LogP contribution is 2.38. The normalized spacial score (nSPS) is 15.1. The van der Waals surface area contributed by atoms with Crippen molar-refractivity contribution >= 4 is 49.0 Å². The number of nitrogens with one attached hydrogen (secondary N) is 1. The van der Waals surface area contributed by atoms with Gasteiger partial charge < -0.3 is 10.2 Å². The summed E-state index contributed by atoms with van der Waals surface area (Å²) in [6.45, 7) is 5.08. The van der Waals surface area contributed by atoms with E-state index in [-0.39, 0.29) is 26.4 Å². The molecule has 33 heavy (non-hydrogen) atoms. The highest BCUT2D eigenvalue weighted by molar-refractivity contribution is 7.90. The van der Waals surface area contributed by atoms with E-state index < -0.39 is 16.4 Å². The summed E-state index contributed by atoms with van der Waals surface area (Å²) in [6.07, 6.45) is -1.83. The van der Waals surface area contributed by atoms with Crippen LogP contribution >= 0.6 is 11.6 Å². The van der Waals surface area contributed by atoms with E-state index in [1.165, 1.54) is 18.2 Å². The van der Waals surface area contributed by atoms with Gasteiger partial charge in [-0.1, -0.05) is 35.9 Å². The van der Waals surface area contributed by atoms with Gasteiger partial charge in [-0.3, -0.25) is 0 Å². The fraction of sp³-hybridized carbons (Fsp3) is 0.250. The van der Waals surface area contributed by atoms with E-state index in [0.717, 1.165) is 53.0 Å². The second kappa shape index (κ2) is 8.27. The minimum Gasteiger partial charge on any atom is -0.369 e. The molecule has 5 rings (SSSR count). The van der Waals surface area contributed by atoms with E-state index in [1.54, 1.807) is 18.2 Å². The van der Waals surface area contributed by atoms with Gasteiger partial charge in [-0.25, -0.2) is 21.2 Å². The topological polar surface area (TPSA) is 54.3 Å². The Labute approximate surface area is 195 Å². The first-order valence-corrected chi connectivity index (χ1v) is 12.4. The highest BCUT2D eigenvalue weighted by atomic mass is 35.5. The Morgan fingerprint density at radius 3 is 2.39 bits per heavy atom. The molecule has 1 aliphatic rings. The summed E-state index contributed by atoms with van der Waals surface area (Å²) in [4.78, 5) is 2.25. The number of hydrogen-bond acceptors (Lipinski definition) is 4. The number of benzene rings is 3. The fourth-order valence-electron chi connectivity index (χ4n) is 4.60. The van der Waals surface area contributed by atoms with Crippen LogP contribution in [0.5, 0.6) is 0 Å². The number of fused-ring (bicyclic) bond motifs is 2. The molecular formula is C24H22ClF2N3O2S. The largest absolute Gasteiger partial charge is 0.369 e. The third-order valence-corrected chi connectivity index (χ3v) is 8.19. The second-order valence-corrected chi connectivity index (χ2v) is 10.4. The molecule has 0 saturated carbocycles. The third kappa shape index (κ3) is 3.66. The first kappa shape index (κ1) is 22.1. The van der Waals surface area contributed by atoms with E-state index in [4.69, 9.17) is 11.6 Å². The monoisotopic (exact) mass is 489 g/mol. The molecule has 2 heterocycles. The molecule has 1 fully saturated rings. The summed E-state index contributed by atoms with van der Waals surface area (Å²) in [7, 11) is -4.20. The number of rotatable bonds is 4. The molecule has 1 saturated heterocycles. The molecule has 9 heteroatoms. The zero-order chi connectivity index (χ0) is 23.3. The van der Waals surface area contributed by atoms with Crippen molar-refractivity contribution in [3.05, 3.63) is 70.9 Å². The maximum Gasteiger partial charge on any atom is 0.268 e.